The summed E-state index contributed by atoms with van der Waals surface area (Å²) in [4.78, 5) is 6.27. The molecule has 0 radical (unpaired) electrons. The van der Waals surface area contributed by atoms with E-state index in [0.717, 1.165) is 17.2 Å². The van der Waals surface area contributed by atoms with Gasteiger partial charge in [-0.15, -0.1) is 0 Å². The van der Waals surface area contributed by atoms with E-state index in [4.69, 9.17) is 11.6 Å². The second-order valence-electron chi connectivity index (χ2n) is 4.24. The summed E-state index contributed by atoms with van der Waals surface area (Å²) >= 11 is 5.99. The summed E-state index contributed by atoms with van der Waals surface area (Å²) in [6, 6.07) is 9.48. The number of nitrogens with zero attached hydrogens (tertiary/aromatic N) is 4. The second-order valence-corrected chi connectivity index (χ2v) is 4.68. The lowest BCUT2D eigenvalue weighted by Crippen LogP contribution is -2.07. The minimum absolute atomic E-state index is 0.684. The van der Waals surface area contributed by atoms with E-state index in [9.17, 15) is 0 Å². The first-order valence-corrected chi connectivity index (χ1v) is 5.97. The van der Waals surface area contributed by atoms with Crippen molar-refractivity contribution in [2.45, 2.75) is 6.92 Å². The SMILES string of the molecule is Cc1cc(N=CN(C)C)n(-c2cccc(Cl)c2)n1. The Morgan fingerprint density at radius 1 is 1.33 bits per heavy atom. The van der Waals surface area contributed by atoms with Crippen LogP contribution in [0.5, 0.6) is 0 Å². The van der Waals surface area contributed by atoms with E-state index in [1.165, 1.54) is 0 Å². The van der Waals surface area contributed by atoms with E-state index in [1.54, 1.807) is 11.0 Å². The number of hydrogen-bond acceptors (Lipinski definition) is 2. The van der Waals surface area contributed by atoms with Crippen LogP contribution in [0.25, 0.3) is 5.69 Å². The van der Waals surface area contributed by atoms with Gasteiger partial charge in [-0.05, 0) is 25.1 Å². The molecule has 1 aromatic heterocycles. The fourth-order valence-electron chi connectivity index (χ4n) is 1.55. The number of aromatic nitrogens is 2. The molecule has 0 unspecified atom stereocenters. The first kappa shape index (κ1) is 12.6. The Kier molecular flexibility index (Phi) is 3.67. The Morgan fingerprint density at radius 3 is 2.78 bits per heavy atom. The van der Waals surface area contributed by atoms with Crippen LogP contribution in [-0.4, -0.2) is 35.1 Å². The largest absolute Gasteiger partial charge is 0.369 e. The van der Waals surface area contributed by atoms with Crippen molar-refractivity contribution in [3.63, 3.8) is 0 Å². The number of benzene rings is 1. The van der Waals surface area contributed by atoms with Crippen molar-refractivity contribution < 1.29 is 0 Å². The Labute approximate surface area is 112 Å². The molecular formula is C13H15ClN4. The van der Waals surface area contributed by atoms with E-state index >= 15 is 0 Å². The van der Waals surface area contributed by atoms with Crippen LogP contribution in [0, 0.1) is 6.92 Å². The molecule has 0 aliphatic heterocycles. The molecule has 5 heteroatoms. The van der Waals surface area contributed by atoms with Crippen LogP contribution in [0.3, 0.4) is 0 Å². The van der Waals surface area contributed by atoms with Gasteiger partial charge in [0.1, 0.15) is 0 Å². The maximum atomic E-state index is 5.99. The highest BCUT2D eigenvalue weighted by Crippen LogP contribution is 2.21. The molecule has 2 rings (SSSR count). The minimum atomic E-state index is 0.684. The lowest BCUT2D eigenvalue weighted by atomic mass is 10.3. The third kappa shape index (κ3) is 2.90. The first-order chi connectivity index (χ1) is 8.56. The van der Waals surface area contributed by atoms with Crippen LogP contribution in [0.4, 0.5) is 5.82 Å². The fraction of sp³-hybridized carbons (Fsp3) is 0.231. The summed E-state index contributed by atoms with van der Waals surface area (Å²) in [6.45, 7) is 1.94. The maximum absolute atomic E-state index is 5.99. The van der Waals surface area contributed by atoms with Crippen LogP contribution < -0.4 is 0 Å². The number of halogens is 1. The molecule has 0 saturated heterocycles. The molecule has 0 bridgehead atoms. The number of aryl methyl sites for hydroxylation is 1. The number of hydrogen-bond donors (Lipinski definition) is 0. The van der Waals surface area contributed by atoms with Gasteiger partial charge >= 0.3 is 0 Å². The van der Waals surface area contributed by atoms with Gasteiger partial charge in [0.05, 0.1) is 17.7 Å². The molecule has 1 heterocycles. The van der Waals surface area contributed by atoms with Gasteiger partial charge in [0.15, 0.2) is 5.82 Å². The molecule has 0 aliphatic rings. The molecular weight excluding hydrogens is 248 g/mol. The summed E-state index contributed by atoms with van der Waals surface area (Å²) in [5.74, 6) is 0.781. The minimum Gasteiger partial charge on any atom is -0.369 e. The monoisotopic (exact) mass is 262 g/mol. The van der Waals surface area contributed by atoms with Crippen molar-refractivity contribution in [2.24, 2.45) is 4.99 Å². The van der Waals surface area contributed by atoms with E-state index in [0.29, 0.717) is 5.02 Å². The van der Waals surface area contributed by atoms with Gasteiger partial charge in [0.2, 0.25) is 0 Å². The molecule has 18 heavy (non-hydrogen) atoms. The third-order valence-corrected chi connectivity index (χ3v) is 2.52. The zero-order chi connectivity index (χ0) is 13.1. The van der Waals surface area contributed by atoms with Gasteiger partial charge < -0.3 is 4.90 Å². The molecule has 1 aromatic carbocycles. The first-order valence-electron chi connectivity index (χ1n) is 5.59. The van der Waals surface area contributed by atoms with E-state index in [-0.39, 0.29) is 0 Å². The zero-order valence-electron chi connectivity index (χ0n) is 10.6. The summed E-state index contributed by atoms with van der Waals surface area (Å²) in [5.41, 5.74) is 1.82. The molecule has 0 fully saturated rings. The molecule has 0 N–H and O–H groups in total. The lowest BCUT2D eigenvalue weighted by molar-refractivity contribution is 0.642. The van der Waals surface area contributed by atoms with Crippen LogP contribution in [0.1, 0.15) is 5.69 Å². The Balaban J connectivity index is 2.44. The Bertz CT molecular complexity index is 572. The third-order valence-electron chi connectivity index (χ3n) is 2.29. The van der Waals surface area contributed by atoms with Gasteiger partial charge in [-0.25, -0.2) is 9.67 Å². The summed E-state index contributed by atoms with van der Waals surface area (Å²) in [7, 11) is 3.85. The predicted molar refractivity (Wildman–Crippen MR) is 75.2 cm³/mol. The van der Waals surface area contributed by atoms with Crippen molar-refractivity contribution in [3.05, 3.63) is 41.0 Å². The Hall–Kier alpha value is -1.81. The standard InChI is InChI=1S/C13H15ClN4/c1-10-7-13(15-9-17(2)3)18(16-10)12-6-4-5-11(14)8-12/h4-9H,1-3H3. The van der Waals surface area contributed by atoms with Crippen molar-refractivity contribution >= 4 is 23.8 Å². The molecule has 0 saturated carbocycles. The van der Waals surface area contributed by atoms with E-state index in [2.05, 4.69) is 10.1 Å². The highest BCUT2D eigenvalue weighted by molar-refractivity contribution is 6.30. The molecule has 0 amide bonds. The Morgan fingerprint density at radius 2 is 2.11 bits per heavy atom. The molecule has 4 nitrogen and oxygen atoms in total. The smallest absolute Gasteiger partial charge is 0.157 e. The lowest BCUT2D eigenvalue weighted by Gasteiger charge is -2.06. The molecule has 2 aromatic rings. The van der Waals surface area contributed by atoms with Crippen molar-refractivity contribution in [3.8, 4) is 5.69 Å². The molecule has 0 atom stereocenters. The number of rotatable bonds is 3. The van der Waals surface area contributed by atoms with Gasteiger partial charge in [0, 0.05) is 25.2 Å². The van der Waals surface area contributed by atoms with Gasteiger partial charge in [0.25, 0.3) is 0 Å². The maximum Gasteiger partial charge on any atom is 0.157 e. The van der Waals surface area contributed by atoms with Gasteiger partial charge in [-0.3, -0.25) is 0 Å². The van der Waals surface area contributed by atoms with Crippen LogP contribution >= 0.6 is 11.6 Å². The molecule has 0 spiro atoms. The highest BCUT2D eigenvalue weighted by Gasteiger charge is 2.06. The van der Waals surface area contributed by atoms with E-state index in [1.807, 2.05) is 56.3 Å². The van der Waals surface area contributed by atoms with E-state index < -0.39 is 0 Å². The topological polar surface area (TPSA) is 33.4 Å². The van der Waals surface area contributed by atoms with Crippen LogP contribution in [0.15, 0.2) is 35.3 Å². The summed E-state index contributed by atoms with van der Waals surface area (Å²) < 4.78 is 1.78. The molecule has 94 valence electrons. The average molecular weight is 263 g/mol. The quantitative estimate of drug-likeness (QED) is 0.629. The van der Waals surface area contributed by atoms with Crippen LogP contribution in [0.2, 0.25) is 5.02 Å². The van der Waals surface area contributed by atoms with Crippen molar-refractivity contribution in [2.75, 3.05) is 14.1 Å². The van der Waals surface area contributed by atoms with Crippen LogP contribution in [-0.2, 0) is 0 Å². The zero-order valence-corrected chi connectivity index (χ0v) is 11.4. The summed E-state index contributed by atoms with van der Waals surface area (Å²) in [6.07, 6.45) is 1.75. The second kappa shape index (κ2) is 5.23. The van der Waals surface area contributed by atoms with Crippen molar-refractivity contribution in [1.29, 1.82) is 0 Å². The van der Waals surface area contributed by atoms with Gasteiger partial charge in [-0.1, -0.05) is 17.7 Å². The number of aliphatic imine (C=N–C) groups is 1. The molecule has 0 aliphatic carbocycles. The fourth-order valence-corrected chi connectivity index (χ4v) is 1.73. The van der Waals surface area contributed by atoms with Gasteiger partial charge in [-0.2, -0.15) is 5.10 Å². The normalized spacial score (nSPS) is 11.1. The van der Waals surface area contributed by atoms with Crippen molar-refractivity contribution in [1.82, 2.24) is 14.7 Å². The summed E-state index contributed by atoms with van der Waals surface area (Å²) in [5, 5.41) is 5.11. The predicted octanol–water partition coefficient (Wildman–Crippen LogP) is 3.06. The highest BCUT2D eigenvalue weighted by atomic mass is 35.5. The average Bonchev–Trinajstić information content (AvgIpc) is 2.68.